The van der Waals surface area contributed by atoms with Crippen molar-refractivity contribution < 1.29 is 0 Å². The van der Waals surface area contributed by atoms with Crippen molar-refractivity contribution in [1.82, 2.24) is 19.6 Å². The molecule has 0 saturated heterocycles. The van der Waals surface area contributed by atoms with E-state index in [9.17, 15) is 0 Å². The van der Waals surface area contributed by atoms with Crippen molar-refractivity contribution in [1.29, 1.82) is 0 Å². The number of thiophene rings is 1. The molecule has 0 atom stereocenters. The molecule has 3 heterocycles. The minimum absolute atomic E-state index is 0.370. The molecule has 6 heteroatoms. The Kier molecular flexibility index (Phi) is 2.15. The zero-order valence-corrected chi connectivity index (χ0v) is 9.96. The highest BCUT2D eigenvalue weighted by Crippen LogP contribution is 2.27. The molecule has 0 amide bonds. The van der Waals surface area contributed by atoms with Crippen LogP contribution in [0.15, 0.2) is 24.5 Å². The van der Waals surface area contributed by atoms with E-state index < -0.39 is 0 Å². The van der Waals surface area contributed by atoms with Crippen LogP contribution in [0.3, 0.4) is 0 Å². The second-order valence-electron chi connectivity index (χ2n) is 3.35. The van der Waals surface area contributed by atoms with E-state index in [1.807, 2.05) is 16.7 Å². The van der Waals surface area contributed by atoms with Crippen LogP contribution in [0, 0.1) is 6.92 Å². The fraction of sp³-hybridized carbons (Fsp3) is 0.100. The average Bonchev–Trinajstić information content (AvgIpc) is 2.84. The van der Waals surface area contributed by atoms with Gasteiger partial charge in [0.1, 0.15) is 0 Å². The molecule has 0 aromatic carbocycles. The summed E-state index contributed by atoms with van der Waals surface area (Å²) in [5, 5.41) is 8.54. The molecule has 0 radical (unpaired) electrons. The largest absolute Gasteiger partial charge is 0.278 e. The summed E-state index contributed by atoms with van der Waals surface area (Å²) >= 11 is 7.61. The predicted molar refractivity (Wildman–Crippen MR) is 63.8 cm³/mol. The lowest BCUT2D eigenvalue weighted by molar-refractivity contribution is 1.12. The third kappa shape index (κ3) is 1.40. The van der Waals surface area contributed by atoms with Crippen molar-refractivity contribution in [2.24, 2.45) is 0 Å². The third-order valence-corrected chi connectivity index (χ3v) is 3.51. The van der Waals surface area contributed by atoms with Crippen molar-refractivity contribution in [3.05, 3.63) is 34.6 Å². The van der Waals surface area contributed by atoms with Crippen molar-refractivity contribution in [3.63, 3.8) is 0 Å². The Bertz CT molecular complexity index is 658. The van der Waals surface area contributed by atoms with E-state index in [-0.39, 0.29) is 0 Å². The fourth-order valence-electron chi connectivity index (χ4n) is 1.52. The van der Waals surface area contributed by atoms with Gasteiger partial charge in [0.25, 0.3) is 0 Å². The Morgan fingerprint density at radius 2 is 2.19 bits per heavy atom. The molecule has 0 aliphatic carbocycles. The van der Waals surface area contributed by atoms with Crippen molar-refractivity contribution in [3.8, 4) is 10.7 Å². The van der Waals surface area contributed by atoms with E-state index in [4.69, 9.17) is 11.6 Å². The summed E-state index contributed by atoms with van der Waals surface area (Å²) < 4.78 is 1.85. The van der Waals surface area contributed by atoms with Gasteiger partial charge in [-0.15, -0.1) is 21.5 Å². The highest BCUT2D eigenvalue weighted by atomic mass is 35.5. The number of halogens is 1. The highest BCUT2D eigenvalue weighted by molar-refractivity contribution is 7.15. The van der Waals surface area contributed by atoms with Crippen LogP contribution in [-0.2, 0) is 0 Å². The van der Waals surface area contributed by atoms with Gasteiger partial charge in [0.2, 0.25) is 0 Å². The van der Waals surface area contributed by atoms with Crippen LogP contribution in [0.25, 0.3) is 16.3 Å². The first-order valence-corrected chi connectivity index (χ1v) is 5.87. The normalized spacial score (nSPS) is 11.1. The van der Waals surface area contributed by atoms with Gasteiger partial charge in [-0.25, -0.2) is 4.98 Å². The number of hydrogen-bond acceptors (Lipinski definition) is 4. The Balaban J connectivity index is 2.29. The number of fused-ring (bicyclic) bond motifs is 1. The Hall–Kier alpha value is -1.46. The molecule has 0 aliphatic rings. The predicted octanol–water partition coefficient (Wildman–Crippen LogP) is 2.81. The Morgan fingerprint density at radius 1 is 1.31 bits per heavy atom. The molecule has 0 spiro atoms. The topological polar surface area (TPSA) is 43.1 Å². The number of nitrogens with zero attached hydrogens (tertiary/aromatic N) is 4. The molecule has 0 saturated carbocycles. The minimum Gasteiger partial charge on any atom is -0.278 e. The molecule has 0 aliphatic heterocycles. The van der Waals surface area contributed by atoms with Crippen LogP contribution in [0.1, 0.15) is 4.88 Å². The molecule has 4 nitrogen and oxygen atoms in total. The highest BCUT2D eigenvalue weighted by Gasteiger charge is 2.11. The fourth-order valence-corrected chi connectivity index (χ4v) is 2.55. The molecule has 0 bridgehead atoms. The van der Waals surface area contributed by atoms with Gasteiger partial charge < -0.3 is 0 Å². The Labute approximate surface area is 101 Å². The average molecular weight is 251 g/mol. The van der Waals surface area contributed by atoms with E-state index in [1.165, 1.54) is 4.88 Å². The molecular weight excluding hydrogens is 244 g/mol. The molecule has 3 aromatic heterocycles. The zero-order valence-electron chi connectivity index (χ0n) is 8.38. The monoisotopic (exact) mass is 250 g/mol. The summed E-state index contributed by atoms with van der Waals surface area (Å²) in [5.41, 5.74) is 0.588. The summed E-state index contributed by atoms with van der Waals surface area (Å²) in [6, 6.07) is 4.09. The lowest BCUT2D eigenvalue weighted by atomic mass is 10.4. The first kappa shape index (κ1) is 9.74. The quantitative estimate of drug-likeness (QED) is 0.667. The van der Waals surface area contributed by atoms with Gasteiger partial charge in [-0.1, -0.05) is 11.6 Å². The van der Waals surface area contributed by atoms with Gasteiger partial charge in [-0.3, -0.25) is 4.40 Å². The van der Waals surface area contributed by atoms with Crippen LogP contribution < -0.4 is 0 Å². The molecule has 0 N–H and O–H groups in total. The molecule has 0 unspecified atom stereocenters. The second kappa shape index (κ2) is 3.54. The number of aryl methyl sites for hydroxylation is 1. The third-order valence-electron chi connectivity index (χ3n) is 2.24. The molecule has 0 fully saturated rings. The van der Waals surface area contributed by atoms with Crippen LogP contribution in [-0.4, -0.2) is 19.6 Å². The van der Waals surface area contributed by atoms with E-state index in [1.54, 1.807) is 17.5 Å². The summed E-state index contributed by atoms with van der Waals surface area (Å²) in [6.07, 6.45) is 3.45. The smallest absolute Gasteiger partial charge is 0.198 e. The van der Waals surface area contributed by atoms with Gasteiger partial charge >= 0.3 is 0 Å². The van der Waals surface area contributed by atoms with Gasteiger partial charge in [-0.2, -0.15) is 0 Å². The molecule has 16 heavy (non-hydrogen) atoms. The minimum atomic E-state index is 0.370. The van der Waals surface area contributed by atoms with E-state index in [0.29, 0.717) is 10.8 Å². The Morgan fingerprint density at radius 3 is 2.94 bits per heavy atom. The maximum atomic E-state index is 5.93. The van der Waals surface area contributed by atoms with E-state index in [0.717, 1.165) is 10.7 Å². The van der Waals surface area contributed by atoms with Crippen molar-refractivity contribution in [2.45, 2.75) is 6.92 Å². The molecular formula is C10H7ClN4S. The van der Waals surface area contributed by atoms with E-state index in [2.05, 4.69) is 28.2 Å². The van der Waals surface area contributed by atoms with Crippen molar-refractivity contribution in [2.75, 3.05) is 0 Å². The van der Waals surface area contributed by atoms with Crippen LogP contribution in [0.5, 0.6) is 0 Å². The van der Waals surface area contributed by atoms with E-state index >= 15 is 0 Å². The van der Waals surface area contributed by atoms with Crippen LogP contribution >= 0.6 is 22.9 Å². The maximum absolute atomic E-state index is 5.93. The van der Waals surface area contributed by atoms with Crippen LogP contribution in [0.4, 0.5) is 0 Å². The van der Waals surface area contributed by atoms with Gasteiger partial charge in [-0.05, 0) is 19.1 Å². The molecule has 80 valence electrons. The summed E-state index contributed by atoms with van der Waals surface area (Å²) in [7, 11) is 0. The molecule has 3 rings (SSSR count). The lowest BCUT2D eigenvalue weighted by Crippen LogP contribution is -1.89. The number of hydrogen-bond donors (Lipinski definition) is 0. The van der Waals surface area contributed by atoms with Gasteiger partial charge in [0.05, 0.1) is 4.88 Å². The first-order valence-electron chi connectivity index (χ1n) is 4.68. The van der Waals surface area contributed by atoms with Crippen molar-refractivity contribution >= 4 is 28.6 Å². The number of rotatable bonds is 1. The summed E-state index contributed by atoms with van der Waals surface area (Å²) in [5.74, 6) is 0.803. The molecule has 3 aromatic rings. The first-order chi connectivity index (χ1) is 7.75. The summed E-state index contributed by atoms with van der Waals surface area (Å²) in [6.45, 7) is 2.06. The maximum Gasteiger partial charge on any atom is 0.198 e. The second-order valence-corrected chi connectivity index (χ2v) is 4.99. The zero-order chi connectivity index (χ0) is 11.1. The standard InChI is InChI=1S/C10H7ClN4S/c1-6-2-3-7(16-6)9-13-14-10-8(11)12-4-5-15(9)10/h2-5H,1H3. The van der Waals surface area contributed by atoms with Gasteiger partial charge in [0, 0.05) is 17.3 Å². The van der Waals surface area contributed by atoms with Crippen LogP contribution in [0.2, 0.25) is 5.15 Å². The van der Waals surface area contributed by atoms with Gasteiger partial charge in [0.15, 0.2) is 16.6 Å². The lowest BCUT2D eigenvalue weighted by Gasteiger charge is -1.96. The summed E-state index contributed by atoms with van der Waals surface area (Å²) in [4.78, 5) is 6.28. The SMILES string of the molecule is Cc1ccc(-c2nnc3c(Cl)nccn23)s1. The number of aromatic nitrogens is 4.